The number of thioether (sulfide) groups is 1. The number of carbonyl (C=O) groups excluding carboxylic acids is 1. The van der Waals surface area contributed by atoms with Crippen LogP contribution in [0.3, 0.4) is 0 Å². The van der Waals surface area contributed by atoms with E-state index in [2.05, 4.69) is 77.9 Å². The maximum absolute atomic E-state index is 12.6. The van der Waals surface area contributed by atoms with E-state index in [1.807, 2.05) is 29.0 Å². The summed E-state index contributed by atoms with van der Waals surface area (Å²) in [6.07, 6.45) is 0. The third-order valence-electron chi connectivity index (χ3n) is 4.88. The van der Waals surface area contributed by atoms with E-state index in [9.17, 15) is 4.79 Å². The van der Waals surface area contributed by atoms with Crippen molar-refractivity contribution in [3.63, 3.8) is 0 Å². The van der Waals surface area contributed by atoms with Crippen LogP contribution in [-0.2, 0) is 5.75 Å². The molecule has 0 bridgehead atoms. The highest BCUT2D eigenvalue weighted by Gasteiger charge is 2.22. The molecule has 0 fully saturated rings. The Labute approximate surface area is 190 Å². The van der Waals surface area contributed by atoms with Crippen molar-refractivity contribution in [2.24, 2.45) is 0 Å². The van der Waals surface area contributed by atoms with Crippen molar-refractivity contribution >= 4 is 29.0 Å². The van der Waals surface area contributed by atoms with E-state index in [-0.39, 0.29) is 11.9 Å². The molecule has 1 amide bonds. The predicted molar refractivity (Wildman–Crippen MR) is 127 cm³/mol. The van der Waals surface area contributed by atoms with Gasteiger partial charge in [-0.2, -0.15) is 0 Å². The average Bonchev–Trinajstić information content (AvgIpc) is 3.43. The number of aromatic nitrogens is 3. The molecule has 0 aliphatic rings. The normalized spacial score (nSPS) is 12.0. The first-order valence-corrected chi connectivity index (χ1v) is 11.9. The molecule has 0 saturated carbocycles. The molecule has 5 nitrogen and oxygen atoms in total. The number of nitrogens with zero attached hydrogens (tertiary/aromatic N) is 3. The lowest BCUT2D eigenvalue weighted by atomic mass is 10.2. The van der Waals surface area contributed by atoms with Gasteiger partial charge in [-0.05, 0) is 49.9 Å². The molecule has 0 spiro atoms. The summed E-state index contributed by atoms with van der Waals surface area (Å²) in [6, 6.07) is 20.1. The Morgan fingerprint density at radius 3 is 2.58 bits per heavy atom. The number of amides is 1. The molecule has 1 unspecified atom stereocenters. The highest BCUT2D eigenvalue weighted by Crippen LogP contribution is 2.28. The maximum atomic E-state index is 12.6. The highest BCUT2D eigenvalue weighted by molar-refractivity contribution is 7.98. The fourth-order valence-corrected chi connectivity index (χ4v) is 4.81. The van der Waals surface area contributed by atoms with Crippen LogP contribution in [0, 0.1) is 13.8 Å². The lowest BCUT2D eigenvalue weighted by Crippen LogP contribution is -2.28. The van der Waals surface area contributed by atoms with Crippen LogP contribution in [0.5, 0.6) is 0 Å². The van der Waals surface area contributed by atoms with Crippen LogP contribution in [-0.4, -0.2) is 20.7 Å². The zero-order chi connectivity index (χ0) is 21.8. The minimum Gasteiger partial charge on any atom is -0.342 e. The van der Waals surface area contributed by atoms with Crippen LogP contribution in [0.4, 0.5) is 0 Å². The molecule has 0 saturated heterocycles. The van der Waals surface area contributed by atoms with Gasteiger partial charge in [0, 0.05) is 11.4 Å². The van der Waals surface area contributed by atoms with Gasteiger partial charge in [0.1, 0.15) is 0 Å². The molecular formula is C24H24N4OS2. The van der Waals surface area contributed by atoms with Crippen LogP contribution in [0.1, 0.15) is 45.2 Å². The predicted octanol–water partition coefficient (Wildman–Crippen LogP) is 5.73. The largest absolute Gasteiger partial charge is 0.342 e. The first kappa shape index (κ1) is 21.3. The third-order valence-corrected chi connectivity index (χ3v) is 6.75. The van der Waals surface area contributed by atoms with Gasteiger partial charge >= 0.3 is 0 Å². The van der Waals surface area contributed by atoms with Crippen molar-refractivity contribution in [2.45, 2.75) is 37.7 Å². The molecule has 31 heavy (non-hydrogen) atoms. The van der Waals surface area contributed by atoms with Crippen molar-refractivity contribution in [1.82, 2.24) is 20.1 Å². The van der Waals surface area contributed by atoms with Crippen molar-refractivity contribution in [3.05, 3.63) is 93.4 Å². The Balaban J connectivity index is 1.63. The summed E-state index contributed by atoms with van der Waals surface area (Å²) in [5.74, 6) is 1.40. The van der Waals surface area contributed by atoms with E-state index in [1.54, 1.807) is 11.8 Å². The van der Waals surface area contributed by atoms with Crippen molar-refractivity contribution < 1.29 is 4.79 Å². The second-order valence-electron chi connectivity index (χ2n) is 7.46. The van der Waals surface area contributed by atoms with Crippen molar-refractivity contribution in [1.29, 1.82) is 0 Å². The summed E-state index contributed by atoms with van der Waals surface area (Å²) >= 11 is 3.06. The lowest BCUT2D eigenvalue weighted by Gasteiger charge is -2.16. The number of hydrogen-bond donors (Lipinski definition) is 1. The summed E-state index contributed by atoms with van der Waals surface area (Å²) in [6.45, 7) is 6.10. The first-order chi connectivity index (χ1) is 15.0. The number of thiophene rings is 1. The molecule has 2 aromatic heterocycles. The quantitative estimate of drug-likeness (QED) is 0.367. The smallest absolute Gasteiger partial charge is 0.261 e. The molecule has 1 atom stereocenters. The Hall–Kier alpha value is -2.90. The second kappa shape index (κ2) is 9.49. The Bertz CT molecular complexity index is 1170. The van der Waals surface area contributed by atoms with Gasteiger partial charge in [0.05, 0.1) is 10.9 Å². The first-order valence-electron chi connectivity index (χ1n) is 10.1. The Kier molecular flexibility index (Phi) is 6.53. The van der Waals surface area contributed by atoms with Crippen LogP contribution in [0.25, 0.3) is 5.69 Å². The van der Waals surface area contributed by atoms with Gasteiger partial charge in [0.25, 0.3) is 5.91 Å². The zero-order valence-corrected chi connectivity index (χ0v) is 19.3. The maximum Gasteiger partial charge on any atom is 0.261 e. The van der Waals surface area contributed by atoms with E-state index in [1.165, 1.54) is 28.0 Å². The summed E-state index contributed by atoms with van der Waals surface area (Å²) in [5.41, 5.74) is 4.65. The van der Waals surface area contributed by atoms with E-state index >= 15 is 0 Å². The molecular weight excluding hydrogens is 424 g/mol. The van der Waals surface area contributed by atoms with Gasteiger partial charge in [0.2, 0.25) is 0 Å². The molecule has 0 radical (unpaired) electrons. The minimum absolute atomic E-state index is 0.102. The van der Waals surface area contributed by atoms with Gasteiger partial charge in [-0.3, -0.25) is 9.36 Å². The summed E-state index contributed by atoms with van der Waals surface area (Å²) < 4.78 is 2.04. The highest BCUT2D eigenvalue weighted by atomic mass is 32.2. The SMILES string of the molecule is Cc1ccc(-n2c(SCc3cccc(C)c3)nnc2C(C)NC(=O)c2cccs2)cc1. The number of nitrogens with one attached hydrogen (secondary N) is 1. The number of benzene rings is 2. The van der Waals surface area contributed by atoms with Gasteiger partial charge in [-0.25, -0.2) is 0 Å². The fraction of sp³-hybridized carbons (Fsp3) is 0.208. The zero-order valence-electron chi connectivity index (χ0n) is 17.7. The van der Waals surface area contributed by atoms with E-state index in [4.69, 9.17) is 0 Å². The lowest BCUT2D eigenvalue weighted by molar-refractivity contribution is 0.0942. The third kappa shape index (κ3) is 5.06. The topological polar surface area (TPSA) is 59.8 Å². The fourth-order valence-electron chi connectivity index (χ4n) is 3.28. The molecule has 0 aliphatic carbocycles. The molecule has 158 valence electrons. The van der Waals surface area contributed by atoms with E-state index in [0.717, 1.165) is 16.6 Å². The summed E-state index contributed by atoms with van der Waals surface area (Å²) in [4.78, 5) is 13.3. The molecule has 1 N–H and O–H groups in total. The molecule has 4 rings (SSSR count). The summed E-state index contributed by atoms with van der Waals surface area (Å²) in [7, 11) is 0. The molecule has 2 aromatic carbocycles. The standard InChI is InChI=1S/C24H24N4OS2/c1-16-9-11-20(12-10-16)28-22(18(3)25-23(29)21-8-5-13-30-21)26-27-24(28)31-15-19-7-4-6-17(2)14-19/h4-14,18H,15H2,1-3H3,(H,25,29). The van der Waals surface area contributed by atoms with Crippen LogP contribution < -0.4 is 5.32 Å². The molecule has 2 heterocycles. The van der Waals surface area contributed by atoms with Crippen LogP contribution in [0.2, 0.25) is 0 Å². The average molecular weight is 449 g/mol. The molecule has 0 aliphatic heterocycles. The van der Waals surface area contributed by atoms with Crippen LogP contribution >= 0.6 is 23.1 Å². The van der Waals surface area contributed by atoms with E-state index in [0.29, 0.717) is 10.7 Å². The van der Waals surface area contributed by atoms with Crippen molar-refractivity contribution in [3.8, 4) is 5.69 Å². The van der Waals surface area contributed by atoms with Gasteiger partial charge in [0.15, 0.2) is 11.0 Å². The Morgan fingerprint density at radius 1 is 1.06 bits per heavy atom. The molecule has 4 aromatic rings. The number of carbonyl (C=O) groups is 1. The van der Waals surface area contributed by atoms with Crippen LogP contribution in [0.15, 0.2) is 71.2 Å². The van der Waals surface area contributed by atoms with Gasteiger partial charge in [-0.15, -0.1) is 21.5 Å². The minimum atomic E-state index is -0.295. The van der Waals surface area contributed by atoms with Gasteiger partial charge < -0.3 is 5.32 Å². The number of rotatable bonds is 7. The number of hydrogen-bond acceptors (Lipinski definition) is 5. The van der Waals surface area contributed by atoms with Crippen molar-refractivity contribution in [2.75, 3.05) is 0 Å². The van der Waals surface area contributed by atoms with E-state index < -0.39 is 0 Å². The van der Waals surface area contributed by atoms with Gasteiger partial charge in [-0.1, -0.05) is 65.4 Å². The monoisotopic (exact) mass is 448 g/mol. The second-order valence-corrected chi connectivity index (χ2v) is 9.35. The molecule has 7 heteroatoms. The Morgan fingerprint density at radius 2 is 1.87 bits per heavy atom. The summed E-state index contributed by atoms with van der Waals surface area (Å²) in [5, 5.41) is 14.7. The number of aryl methyl sites for hydroxylation is 2.